The number of carbonyl (C=O) groups excluding carboxylic acids is 1. The highest BCUT2D eigenvalue weighted by Crippen LogP contribution is 2.22. The topological polar surface area (TPSA) is 120 Å². The average molecular weight is 517 g/mol. The lowest BCUT2D eigenvalue weighted by atomic mass is 10.2. The molecule has 1 heterocycles. The minimum Gasteiger partial charge on any atom is -0.497 e. The fourth-order valence-electron chi connectivity index (χ4n) is 3.64. The zero-order valence-corrected chi connectivity index (χ0v) is 21.0. The molecule has 4 aromatic rings. The molecule has 2 N–H and O–H groups in total. The normalized spacial score (nSPS) is 11.5. The molecule has 3 aromatic carbocycles. The summed E-state index contributed by atoms with van der Waals surface area (Å²) in [5.41, 5.74) is 2.54. The highest BCUT2D eigenvalue weighted by Gasteiger charge is 2.28. The first-order valence-electron chi connectivity index (χ1n) is 12.0. The number of nitrogens with zero attached hydrogens (tertiary/aromatic N) is 1. The van der Waals surface area contributed by atoms with E-state index in [0.717, 1.165) is 22.6 Å². The van der Waals surface area contributed by atoms with Gasteiger partial charge >= 0.3 is 11.9 Å². The number of carboxylic acids is 1. The van der Waals surface area contributed by atoms with Crippen molar-refractivity contribution in [1.82, 2.24) is 10.3 Å². The molecule has 1 atom stereocenters. The largest absolute Gasteiger partial charge is 0.497 e. The van der Waals surface area contributed by atoms with Crippen LogP contribution in [-0.2, 0) is 22.6 Å². The third-order valence-corrected chi connectivity index (χ3v) is 5.72. The number of hydrogen-bond acceptors (Lipinski definition) is 8. The maximum Gasteiger partial charge on any atom is 0.340 e. The third kappa shape index (κ3) is 6.98. The number of esters is 1. The molecule has 38 heavy (non-hydrogen) atoms. The number of nitrogens with one attached hydrogen (secondary N) is 1. The molecule has 0 radical (unpaired) electrons. The van der Waals surface area contributed by atoms with Crippen LogP contribution >= 0.6 is 0 Å². The van der Waals surface area contributed by atoms with Gasteiger partial charge in [0, 0.05) is 18.5 Å². The van der Waals surface area contributed by atoms with E-state index < -0.39 is 18.0 Å². The van der Waals surface area contributed by atoms with Crippen LogP contribution in [0.4, 0.5) is 0 Å². The smallest absolute Gasteiger partial charge is 0.340 e. The van der Waals surface area contributed by atoms with Gasteiger partial charge in [-0.05, 0) is 61.0 Å². The van der Waals surface area contributed by atoms with Crippen LogP contribution in [0.5, 0.6) is 17.2 Å². The van der Waals surface area contributed by atoms with Gasteiger partial charge in [-0.15, -0.1) is 0 Å². The summed E-state index contributed by atoms with van der Waals surface area (Å²) in [6.07, 6.45) is 0.585. The van der Waals surface area contributed by atoms with Crippen LogP contribution in [0.2, 0.25) is 0 Å². The Morgan fingerprint density at radius 2 is 1.61 bits per heavy atom. The van der Waals surface area contributed by atoms with Gasteiger partial charge in [-0.1, -0.05) is 30.3 Å². The number of benzene rings is 3. The molecule has 4 rings (SSSR count). The summed E-state index contributed by atoms with van der Waals surface area (Å²) in [6.45, 7) is 2.45. The van der Waals surface area contributed by atoms with Crippen molar-refractivity contribution in [2.24, 2.45) is 0 Å². The second kappa shape index (κ2) is 12.6. The number of rotatable bonds is 12. The minimum atomic E-state index is -1.53. The Bertz CT molecular complexity index is 1350. The number of carboxylic acid groups (broad SMARTS) is 1. The summed E-state index contributed by atoms with van der Waals surface area (Å²) >= 11 is 0. The lowest BCUT2D eigenvalue weighted by Gasteiger charge is -2.14. The lowest BCUT2D eigenvalue weighted by Crippen LogP contribution is -2.45. The molecular formula is C29H28N2O7. The van der Waals surface area contributed by atoms with Crippen LogP contribution in [0, 0.1) is 6.92 Å². The van der Waals surface area contributed by atoms with Crippen molar-refractivity contribution in [3.63, 3.8) is 0 Å². The fraction of sp³-hybridized carbons (Fsp3) is 0.207. The molecule has 0 amide bonds. The van der Waals surface area contributed by atoms with E-state index in [0.29, 0.717) is 30.4 Å². The fourth-order valence-corrected chi connectivity index (χ4v) is 3.64. The van der Waals surface area contributed by atoms with Crippen LogP contribution in [0.3, 0.4) is 0 Å². The van der Waals surface area contributed by atoms with Crippen LogP contribution < -0.4 is 19.5 Å². The Morgan fingerprint density at radius 1 is 0.947 bits per heavy atom. The highest BCUT2D eigenvalue weighted by atomic mass is 16.5. The summed E-state index contributed by atoms with van der Waals surface area (Å²) in [5, 5.41) is 12.2. The highest BCUT2D eigenvalue weighted by molar-refractivity contribution is 5.99. The molecule has 0 aliphatic rings. The van der Waals surface area contributed by atoms with Gasteiger partial charge in [0.25, 0.3) is 0 Å². The number of aliphatic carboxylic acids is 1. The standard InChI is InChI=1S/C29H28N2O7/c1-19-25(31-27(37-19)21-6-4-3-5-7-21)16-17-36-23-10-8-20(9-11-23)18-30-26(28(32)33)29(34)38-24-14-12-22(35-2)13-15-24/h3-15,26,30H,16-18H2,1-2H3,(H,32,33). The quantitative estimate of drug-likeness (QED) is 0.160. The Hall–Kier alpha value is -4.63. The van der Waals surface area contributed by atoms with E-state index in [4.69, 9.17) is 18.6 Å². The van der Waals surface area contributed by atoms with Gasteiger partial charge in [0.15, 0.2) is 0 Å². The molecular weight excluding hydrogens is 488 g/mol. The molecule has 0 bridgehead atoms. The number of aryl methyl sites for hydroxylation is 1. The number of carbonyl (C=O) groups is 2. The van der Waals surface area contributed by atoms with E-state index in [2.05, 4.69) is 10.3 Å². The summed E-state index contributed by atoms with van der Waals surface area (Å²) in [4.78, 5) is 28.6. The van der Waals surface area contributed by atoms with Crippen molar-refractivity contribution >= 4 is 11.9 Å². The van der Waals surface area contributed by atoms with Crippen LogP contribution in [0.1, 0.15) is 17.0 Å². The van der Waals surface area contributed by atoms with Crippen molar-refractivity contribution in [3.05, 3.63) is 95.9 Å². The minimum absolute atomic E-state index is 0.148. The number of hydrogen-bond donors (Lipinski definition) is 2. The zero-order valence-electron chi connectivity index (χ0n) is 21.0. The van der Waals surface area contributed by atoms with Gasteiger partial charge in [-0.25, -0.2) is 14.6 Å². The van der Waals surface area contributed by atoms with Crippen molar-refractivity contribution in [3.8, 4) is 28.7 Å². The number of aromatic nitrogens is 1. The van der Waals surface area contributed by atoms with Gasteiger partial charge in [0.05, 0.1) is 19.4 Å². The number of ether oxygens (including phenoxy) is 3. The molecule has 0 aliphatic heterocycles. The van der Waals surface area contributed by atoms with E-state index in [1.807, 2.05) is 37.3 Å². The maximum absolute atomic E-state index is 12.4. The molecule has 9 nitrogen and oxygen atoms in total. The van der Waals surface area contributed by atoms with Crippen molar-refractivity contribution in [2.75, 3.05) is 13.7 Å². The van der Waals surface area contributed by atoms with Gasteiger partial charge in [0.1, 0.15) is 23.0 Å². The predicted molar refractivity (Wildman–Crippen MR) is 139 cm³/mol. The molecule has 196 valence electrons. The van der Waals surface area contributed by atoms with E-state index >= 15 is 0 Å². The first-order valence-corrected chi connectivity index (χ1v) is 12.0. The summed E-state index contributed by atoms with van der Waals surface area (Å²) in [6, 6.07) is 21.6. The van der Waals surface area contributed by atoms with E-state index in [1.54, 1.807) is 36.4 Å². The molecule has 0 spiro atoms. The first-order chi connectivity index (χ1) is 18.4. The Morgan fingerprint density at radius 3 is 2.26 bits per heavy atom. The Balaban J connectivity index is 1.26. The van der Waals surface area contributed by atoms with Crippen molar-refractivity contribution in [2.45, 2.75) is 25.9 Å². The average Bonchev–Trinajstić information content (AvgIpc) is 3.30. The monoisotopic (exact) mass is 516 g/mol. The van der Waals surface area contributed by atoms with Crippen molar-refractivity contribution in [1.29, 1.82) is 0 Å². The van der Waals surface area contributed by atoms with E-state index in [9.17, 15) is 14.7 Å². The summed E-state index contributed by atoms with van der Waals surface area (Å²) in [5.74, 6) is 0.572. The maximum atomic E-state index is 12.4. The zero-order chi connectivity index (χ0) is 26.9. The molecule has 0 saturated heterocycles. The van der Waals surface area contributed by atoms with Gasteiger partial charge in [0.2, 0.25) is 11.9 Å². The Labute approximate surface area is 220 Å². The molecule has 1 aromatic heterocycles. The van der Waals surface area contributed by atoms with E-state index in [1.165, 1.54) is 19.2 Å². The third-order valence-electron chi connectivity index (χ3n) is 5.72. The molecule has 0 fully saturated rings. The summed E-state index contributed by atoms with van der Waals surface area (Å²) < 4.78 is 21.9. The lowest BCUT2D eigenvalue weighted by molar-refractivity contribution is -0.149. The molecule has 0 aliphatic carbocycles. The van der Waals surface area contributed by atoms with Gasteiger partial charge in [-0.3, -0.25) is 5.32 Å². The van der Waals surface area contributed by atoms with Gasteiger partial charge in [-0.2, -0.15) is 0 Å². The SMILES string of the molecule is COc1ccc(OC(=O)C(NCc2ccc(OCCc3nc(-c4ccccc4)oc3C)cc2)C(=O)O)cc1. The molecule has 0 saturated carbocycles. The van der Waals surface area contributed by atoms with Crippen LogP contribution in [0.15, 0.2) is 83.3 Å². The summed E-state index contributed by atoms with van der Waals surface area (Å²) in [7, 11) is 1.52. The number of methoxy groups -OCH3 is 1. The van der Waals surface area contributed by atoms with Gasteiger partial charge < -0.3 is 23.7 Å². The number of oxazole rings is 1. The molecule has 9 heteroatoms. The van der Waals surface area contributed by atoms with E-state index in [-0.39, 0.29) is 12.3 Å². The molecule has 1 unspecified atom stereocenters. The van der Waals surface area contributed by atoms with Crippen LogP contribution in [0.25, 0.3) is 11.5 Å². The Kier molecular flexibility index (Phi) is 8.73. The second-order valence-corrected chi connectivity index (χ2v) is 8.38. The second-order valence-electron chi connectivity index (χ2n) is 8.38. The van der Waals surface area contributed by atoms with Crippen LogP contribution in [-0.4, -0.2) is 41.8 Å². The first kappa shape index (κ1) is 26.4. The van der Waals surface area contributed by atoms with Crippen molar-refractivity contribution < 1.29 is 33.3 Å². The predicted octanol–water partition coefficient (Wildman–Crippen LogP) is 4.43.